The number of carbonyl (C=O) groups is 1. The van der Waals surface area contributed by atoms with Gasteiger partial charge in [-0.15, -0.1) is 11.3 Å². The maximum absolute atomic E-state index is 12.6. The highest BCUT2D eigenvalue weighted by atomic mass is 32.2. The number of nitrogens with zero attached hydrogens (tertiary/aromatic N) is 3. The molecule has 0 spiro atoms. The average Bonchev–Trinajstić information content (AvgIpc) is 3.39. The van der Waals surface area contributed by atoms with Crippen LogP contribution >= 0.6 is 23.1 Å². The minimum Gasteiger partial charge on any atom is -0.462 e. The lowest BCUT2D eigenvalue weighted by Gasteiger charge is -2.14. The normalized spacial score (nSPS) is 15.6. The van der Waals surface area contributed by atoms with E-state index in [-0.39, 0.29) is 23.9 Å². The standard InChI is InChI=1S/C19H20N4O3S2/c1-10-11(2)22-19-23(18(10)25)13(9-27-19)7-16(24)20-8-15-12(3)21-17(28-15)14-5-4-6-26-14/h4-6,13H,7-9H2,1-3H3,(H,20,24). The summed E-state index contributed by atoms with van der Waals surface area (Å²) in [6.45, 7) is 5.95. The highest BCUT2D eigenvalue weighted by molar-refractivity contribution is 7.99. The first-order valence-electron chi connectivity index (χ1n) is 8.93. The zero-order valence-corrected chi connectivity index (χ0v) is 17.4. The van der Waals surface area contributed by atoms with E-state index in [4.69, 9.17) is 4.42 Å². The van der Waals surface area contributed by atoms with Gasteiger partial charge in [0.2, 0.25) is 5.91 Å². The number of hydrogen-bond donors (Lipinski definition) is 1. The molecule has 4 rings (SSSR count). The number of amides is 1. The average molecular weight is 417 g/mol. The van der Waals surface area contributed by atoms with Gasteiger partial charge < -0.3 is 9.73 Å². The molecule has 0 aromatic carbocycles. The van der Waals surface area contributed by atoms with Crippen molar-refractivity contribution in [2.75, 3.05) is 5.75 Å². The van der Waals surface area contributed by atoms with Crippen LogP contribution < -0.4 is 10.9 Å². The molecule has 0 bridgehead atoms. The van der Waals surface area contributed by atoms with Crippen LogP contribution in [0.5, 0.6) is 0 Å². The minimum absolute atomic E-state index is 0.0494. The van der Waals surface area contributed by atoms with Crippen LogP contribution in [0.4, 0.5) is 0 Å². The van der Waals surface area contributed by atoms with Crippen molar-refractivity contribution < 1.29 is 9.21 Å². The molecular weight excluding hydrogens is 396 g/mol. The van der Waals surface area contributed by atoms with Gasteiger partial charge in [-0.2, -0.15) is 0 Å². The molecule has 1 N–H and O–H groups in total. The fraction of sp³-hybridized carbons (Fsp3) is 0.368. The van der Waals surface area contributed by atoms with Crippen molar-refractivity contribution in [2.24, 2.45) is 0 Å². The molecule has 28 heavy (non-hydrogen) atoms. The van der Waals surface area contributed by atoms with Gasteiger partial charge in [-0.05, 0) is 32.9 Å². The summed E-state index contributed by atoms with van der Waals surface area (Å²) in [5.41, 5.74) is 2.22. The third kappa shape index (κ3) is 3.51. The number of fused-ring (bicyclic) bond motifs is 1. The molecule has 3 aromatic heterocycles. The van der Waals surface area contributed by atoms with E-state index < -0.39 is 0 Å². The monoisotopic (exact) mass is 416 g/mol. The Kier molecular flexibility index (Phi) is 5.11. The van der Waals surface area contributed by atoms with Crippen molar-refractivity contribution >= 4 is 29.0 Å². The largest absolute Gasteiger partial charge is 0.462 e. The second-order valence-electron chi connectivity index (χ2n) is 6.73. The molecule has 9 heteroatoms. The van der Waals surface area contributed by atoms with E-state index in [2.05, 4.69) is 15.3 Å². The van der Waals surface area contributed by atoms with E-state index in [9.17, 15) is 9.59 Å². The first kappa shape index (κ1) is 18.9. The zero-order valence-electron chi connectivity index (χ0n) is 15.8. The van der Waals surface area contributed by atoms with Crippen molar-refractivity contribution in [2.45, 2.75) is 44.9 Å². The molecule has 1 amide bonds. The predicted molar refractivity (Wildman–Crippen MR) is 109 cm³/mol. The summed E-state index contributed by atoms with van der Waals surface area (Å²) >= 11 is 3.03. The molecule has 7 nitrogen and oxygen atoms in total. The van der Waals surface area contributed by atoms with Crippen LogP contribution in [0.3, 0.4) is 0 Å². The van der Waals surface area contributed by atoms with E-state index >= 15 is 0 Å². The Morgan fingerprint density at radius 2 is 2.14 bits per heavy atom. The number of thioether (sulfide) groups is 1. The number of carbonyl (C=O) groups excluding carboxylic acids is 1. The second kappa shape index (κ2) is 7.56. The number of furan rings is 1. The quantitative estimate of drug-likeness (QED) is 0.642. The van der Waals surface area contributed by atoms with Crippen molar-refractivity contribution in [1.82, 2.24) is 19.9 Å². The van der Waals surface area contributed by atoms with Crippen molar-refractivity contribution in [1.29, 1.82) is 0 Å². The van der Waals surface area contributed by atoms with Crippen LogP contribution in [0.1, 0.15) is 34.3 Å². The van der Waals surface area contributed by atoms with E-state index in [1.165, 1.54) is 23.1 Å². The summed E-state index contributed by atoms with van der Waals surface area (Å²) in [5, 5.41) is 4.46. The van der Waals surface area contributed by atoms with Gasteiger partial charge in [0.05, 0.1) is 24.5 Å². The molecule has 1 atom stereocenters. The predicted octanol–water partition coefficient (Wildman–Crippen LogP) is 3.24. The summed E-state index contributed by atoms with van der Waals surface area (Å²) in [6, 6.07) is 3.52. The van der Waals surface area contributed by atoms with Gasteiger partial charge in [0.1, 0.15) is 0 Å². The smallest absolute Gasteiger partial charge is 0.257 e. The highest BCUT2D eigenvalue weighted by Gasteiger charge is 2.28. The van der Waals surface area contributed by atoms with Crippen LogP contribution in [0.25, 0.3) is 10.8 Å². The molecule has 0 fully saturated rings. The van der Waals surface area contributed by atoms with Gasteiger partial charge in [-0.1, -0.05) is 11.8 Å². The molecule has 1 aliphatic rings. The summed E-state index contributed by atoms with van der Waals surface area (Å²) in [5.74, 6) is 1.32. The molecule has 146 valence electrons. The van der Waals surface area contributed by atoms with E-state index in [0.29, 0.717) is 23.0 Å². The third-order valence-electron chi connectivity index (χ3n) is 4.81. The van der Waals surface area contributed by atoms with Crippen molar-refractivity contribution in [3.05, 3.63) is 50.6 Å². The van der Waals surface area contributed by atoms with Crippen LogP contribution in [0, 0.1) is 20.8 Å². The molecule has 1 unspecified atom stereocenters. The Balaban J connectivity index is 1.42. The van der Waals surface area contributed by atoms with Crippen molar-refractivity contribution in [3.8, 4) is 10.8 Å². The Labute approximate surface area is 170 Å². The first-order valence-corrected chi connectivity index (χ1v) is 10.7. The second-order valence-corrected chi connectivity index (χ2v) is 8.80. The maximum Gasteiger partial charge on any atom is 0.257 e. The number of rotatable bonds is 5. The topological polar surface area (TPSA) is 90.0 Å². The molecule has 4 heterocycles. The van der Waals surface area contributed by atoms with Crippen molar-refractivity contribution in [3.63, 3.8) is 0 Å². The molecular formula is C19H20N4O3S2. The van der Waals surface area contributed by atoms with Crippen LogP contribution in [-0.2, 0) is 11.3 Å². The van der Waals surface area contributed by atoms with Gasteiger partial charge in [-0.25, -0.2) is 9.97 Å². The fourth-order valence-corrected chi connectivity index (χ4v) is 5.24. The van der Waals surface area contributed by atoms with Gasteiger partial charge in [0, 0.05) is 28.3 Å². The minimum atomic E-state index is -0.166. The molecule has 0 aliphatic carbocycles. The van der Waals surface area contributed by atoms with Crippen LogP contribution in [0.2, 0.25) is 0 Å². The lowest BCUT2D eigenvalue weighted by molar-refractivity contribution is -0.121. The van der Waals surface area contributed by atoms with E-state index in [0.717, 1.165) is 27.0 Å². The van der Waals surface area contributed by atoms with Gasteiger partial charge in [0.15, 0.2) is 15.9 Å². The lowest BCUT2D eigenvalue weighted by Crippen LogP contribution is -2.31. The Morgan fingerprint density at radius 3 is 2.89 bits per heavy atom. The number of aryl methyl sites for hydroxylation is 2. The first-order chi connectivity index (χ1) is 13.4. The van der Waals surface area contributed by atoms with Gasteiger partial charge >= 0.3 is 0 Å². The van der Waals surface area contributed by atoms with Crippen LogP contribution in [-0.4, -0.2) is 26.2 Å². The van der Waals surface area contributed by atoms with Gasteiger partial charge in [-0.3, -0.25) is 14.2 Å². The molecule has 1 aliphatic heterocycles. The Morgan fingerprint density at radius 1 is 1.32 bits per heavy atom. The number of hydrogen-bond acceptors (Lipinski definition) is 7. The highest BCUT2D eigenvalue weighted by Crippen LogP contribution is 2.32. The fourth-order valence-electron chi connectivity index (χ4n) is 3.09. The Bertz CT molecular complexity index is 1090. The molecule has 0 radical (unpaired) electrons. The molecule has 0 saturated heterocycles. The van der Waals surface area contributed by atoms with Gasteiger partial charge in [0.25, 0.3) is 5.56 Å². The molecule has 3 aromatic rings. The summed E-state index contributed by atoms with van der Waals surface area (Å²) < 4.78 is 7.05. The summed E-state index contributed by atoms with van der Waals surface area (Å²) in [6.07, 6.45) is 1.87. The zero-order chi connectivity index (χ0) is 19.8. The number of thiazole rings is 1. The lowest BCUT2D eigenvalue weighted by atomic mass is 10.2. The third-order valence-corrected chi connectivity index (χ3v) is 7.08. The number of nitrogens with one attached hydrogen (secondary N) is 1. The van der Waals surface area contributed by atoms with Crippen LogP contribution in [0.15, 0.2) is 32.8 Å². The summed E-state index contributed by atoms with van der Waals surface area (Å²) in [7, 11) is 0. The van der Waals surface area contributed by atoms with E-state index in [1.807, 2.05) is 26.0 Å². The maximum atomic E-state index is 12.6. The summed E-state index contributed by atoms with van der Waals surface area (Å²) in [4.78, 5) is 35.1. The molecule has 0 saturated carbocycles. The SMILES string of the molecule is Cc1nc(-c2ccco2)sc1CNC(=O)CC1CSc2nc(C)c(C)c(=O)n21. The Hall–Kier alpha value is -2.39. The number of aromatic nitrogens is 3. The van der Waals surface area contributed by atoms with E-state index in [1.54, 1.807) is 17.8 Å².